The molecule has 0 spiro atoms. The van der Waals surface area contributed by atoms with Crippen LogP contribution in [-0.2, 0) is 23.0 Å². The van der Waals surface area contributed by atoms with E-state index in [1.165, 1.54) is 4.57 Å². The molecule has 1 aliphatic rings. The van der Waals surface area contributed by atoms with E-state index < -0.39 is 43.2 Å². The minimum Gasteiger partial charge on any atom is -0.480 e. The number of ether oxygens (including phenoxy) is 1. The molecule has 9 nitrogen and oxygen atoms in total. The molecular formula is C12H20N3O6+. The monoisotopic (exact) mass is 302 g/mol. The lowest BCUT2D eigenvalue weighted by Gasteiger charge is -2.14. The molecule has 1 fully saturated rings. The summed E-state index contributed by atoms with van der Waals surface area (Å²) in [6, 6.07) is -1.09. The fourth-order valence-electron chi connectivity index (χ4n) is 2.42. The first-order valence-corrected chi connectivity index (χ1v) is 6.52. The highest BCUT2D eigenvalue weighted by Gasteiger charge is 2.47. The summed E-state index contributed by atoms with van der Waals surface area (Å²) in [5, 5.41) is 37.8. The third kappa shape index (κ3) is 3.06. The van der Waals surface area contributed by atoms with Crippen molar-refractivity contribution in [2.75, 3.05) is 6.61 Å². The standard InChI is InChI=1S/C12H19N3O6/c1-14-3-6(2-7(13)12(19)20)15(5-14)11-10(18)9(17)8(4-16)21-11/h3,5,7-11,16-18H,2,4,13H2,1H3/p+1/t7-,8+,9+,10+,11?/m0/s1. The predicted molar refractivity (Wildman–Crippen MR) is 67.9 cm³/mol. The summed E-state index contributed by atoms with van der Waals surface area (Å²) in [5.74, 6) is -1.13. The van der Waals surface area contributed by atoms with Gasteiger partial charge in [0.15, 0.2) is 0 Å². The Hall–Kier alpha value is -1.52. The van der Waals surface area contributed by atoms with Gasteiger partial charge in [0, 0.05) is 6.42 Å². The van der Waals surface area contributed by atoms with Gasteiger partial charge in [-0.05, 0) is 0 Å². The van der Waals surface area contributed by atoms with Crippen LogP contribution in [0.15, 0.2) is 12.5 Å². The highest BCUT2D eigenvalue weighted by atomic mass is 16.6. The summed E-state index contributed by atoms with van der Waals surface area (Å²) in [7, 11) is 1.73. The molecule has 5 atom stereocenters. The van der Waals surface area contributed by atoms with Crippen molar-refractivity contribution in [1.82, 2.24) is 4.57 Å². The first-order chi connectivity index (χ1) is 9.85. The van der Waals surface area contributed by atoms with Crippen molar-refractivity contribution in [3.63, 3.8) is 0 Å². The zero-order valence-electron chi connectivity index (χ0n) is 11.5. The van der Waals surface area contributed by atoms with E-state index in [0.717, 1.165) is 0 Å². The molecule has 0 amide bonds. The van der Waals surface area contributed by atoms with E-state index in [-0.39, 0.29) is 6.42 Å². The van der Waals surface area contributed by atoms with Crippen molar-refractivity contribution < 1.29 is 34.5 Å². The molecule has 0 bridgehead atoms. The van der Waals surface area contributed by atoms with Gasteiger partial charge in [0.1, 0.15) is 36.2 Å². The van der Waals surface area contributed by atoms with E-state index in [9.17, 15) is 15.0 Å². The number of rotatable bonds is 5. The number of aliphatic hydroxyl groups is 3. The summed E-state index contributed by atoms with van der Waals surface area (Å²) in [5.41, 5.74) is 6.07. The topological polar surface area (TPSA) is 142 Å². The van der Waals surface area contributed by atoms with E-state index in [0.29, 0.717) is 5.69 Å². The summed E-state index contributed by atoms with van der Waals surface area (Å²) >= 11 is 0. The number of imidazole rings is 1. The second-order valence-corrected chi connectivity index (χ2v) is 5.19. The molecule has 2 heterocycles. The van der Waals surface area contributed by atoms with Gasteiger partial charge >= 0.3 is 5.97 Å². The average Bonchev–Trinajstić information content (AvgIpc) is 2.91. The Morgan fingerprint density at radius 1 is 1.52 bits per heavy atom. The van der Waals surface area contributed by atoms with Gasteiger partial charge < -0.3 is 30.9 Å². The second kappa shape index (κ2) is 6.08. The van der Waals surface area contributed by atoms with Crippen LogP contribution in [0, 0.1) is 0 Å². The van der Waals surface area contributed by atoms with Crippen LogP contribution >= 0.6 is 0 Å². The lowest BCUT2D eigenvalue weighted by Crippen LogP contribution is -2.35. The third-order valence-electron chi connectivity index (χ3n) is 3.53. The minimum absolute atomic E-state index is 0.0443. The molecule has 9 heteroatoms. The smallest absolute Gasteiger partial charge is 0.320 e. The zero-order valence-corrected chi connectivity index (χ0v) is 11.5. The molecule has 1 saturated heterocycles. The van der Waals surface area contributed by atoms with E-state index in [4.69, 9.17) is 20.7 Å². The molecule has 1 aromatic heterocycles. The Balaban J connectivity index is 2.26. The molecule has 1 aliphatic heterocycles. The number of aliphatic hydroxyl groups excluding tert-OH is 3. The highest BCUT2D eigenvalue weighted by molar-refractivity contribution is 5.73. The molecule has 0 radical (unpaired) electrons. The van der Waals surface area contributed by atoms with Crippen LogP contribution in [0.1, 0.15) is 11.9 Å². The Kier molecular flexibility index (Phi) is 4.59. The molecule has 0 saturated carbocycles. The zero-order chi connectivity index (χ0) is 15.7. The van der Waals surface area contributed by atoms with E-state index in [2.05, 4.69) is 0 Å². The fraction of sp³-hybridized carbons (Fsp3) is 0.667. The first kappa shape index (κ1) is 15.9. The normalized spacial score (nSPS) is 30.5. The Bertz CT molecular complexity index is 519. The summed E-state index contributed by atoms with van der Waals surface area (Å²) in [6.07, 6.45) is -0.930. The molecule has 2 rings (SSSR count). The highest BCUT2D eigenvalue weighted by Crippen LogP contribution is 2.30. The summed E-state index contributed by atoms with van der Waals surface area (Å²) in [4.78, 5) is 10.9. The largest absolute Gasteiger partial charge is 0.480 e. The molecule has 0 aliphatic carbocycles. The van der Waals surface area contributed by atoms with Gasteiger partial charge in [0.25, 0.3) is 0 Å². The van der Waals surface area contributed by atoms with Crippen LogP contribution in [0.3, 0.4) is 0 Å². The van der Waals surface area contributed by atoms with Crippen LogP contribution in [0.25, 0.3) is 0 Å². The lowest BCUT2D eigenvalue weighted by atomic mass is 10.1. The summed E-state index contributed by atoms with van der Waals surface area (Å²) < 4.78 is 8.61. The Morgan fingerprint density at radius 3 is 2.71 bits per heavy atom. The SMILES string of the molecule is C[n+]1cc(C[C@H](N)C(=O)O)n(C2O[C@H](CO)[C@@H](O)[C@H]2O)c1. The first-order valence-electron chi connectivity index (χ1n) is 6.52. The molecule has 1 aromatic rings. The van der Waals surface area contributed by atoms with Crippen molar-refractivity contribution in [1.29, 1.82) is 0 Å². The number of nitrogens with two attached hydrogens (primary N) is 1. The van der Waals surface area contributed by atoms with Crippen LogP contribution in [0.4, 0.5) is 0 Å². The van der Waals surface area contributed by atoms with E-state index >= 15 is 0 Å². The molecule has 1 unspecified atom stereocenters. The maximum atomic E-state index is 10.9. The number of aromatic nitrogens is 2. The Morgan fingerprint density at radius 2 is 2.19 bits per heavy atom. The van der Waals surface area contributed by atoms with Gasteiger partial charge in [-0.25, -0.2) is 9.13 Å². The number of carboxylic acid groups (broad SMARTS) is 1. The average molecular weight is 302 g/mol. The van der Waals surface area contributed by atoms with Crippen LogP contribution in [-0.4, -0.2) is 61.9 Å². The van der Waals surface area contributed by atoms with E-state index in [1.54, 1.807) is 24.1 Å². The van der Waals surface area contributed by atoms with E-state index in [1.807, 2.05) is 0 Å². The Labute approximate surface area is 120 Å². The van der Waals surface area contributed by atoms with Crippen LogP contribution in [0.5, 0.6) is 0 Å². The number of hydrogen-bond donors (Lipinski definition) is 5. The van der Waals surface area contributed by atoms with Crippen molar-refractivity contribution >= 4 is 5.97 Å². The molecular weight excluding hydrogens is 282 g/mol. The molecule has 118 valence electrons. The third-order valence-corrected chi connectivity index (χ3v) is 3.53. The molecule has 21 heavy (non-hydrogen) atoms. The molecule has 6 N–H and O–H groups in total. The second-order valence-electron chi connectivity index (χ2n) is 5.19. The van der Waals surface area contributed by atoms with Crippen molar-refractivity contribution in [3.05, 3.63) is 18.2 Å². The predicted octanol–water partition coefficient (Wildman–Crippen LogP) is -3.12. The van der Waals surface area contributed by atoms with Crippen LogP contribution in [0.2, 0.25) is 0 Å². The minimum atomic E-state index is -1.23. The maximum absolute atomic E-state index is 10.9. The van der Waals surface area contributed by atoms with Crippen LogP contribution < -0.4 is 10.3 Å². The lowest BCUT2D eigenvalue weighted by molar-refractivity contribution is -0.671. The van der Waals surface area contributed by atoms with Crippen molar-refractivity contribution in [2.24, 2.45) is 12.8 Å². The number of hydrogen-bond acceptors (Lipinski definition) is 6. The van der Waals surface area contributed by atoms with Crippen molar-refractivity contribution in [2.45, 2.75) is 37.0 Å². The maximum Gasteiger partial charge on any atom is 0.320 e. The number of carbonyl (C=O) groups is 1. The number of aliphatic carboxylic acids is 1. The molecule has 0 aromatic carbocycles. The van der Waals surface area contributed by atoms with Gasteiger partial charge in [-0.2, -0.15) is 0 Å². The number of aryl methyl sites for hydroxylation is 1. The van der Waals surface area contributed by atoms with Gasteiger partial charge in [0.05, 0.1) is 13.7 Å². The van der Waals surface area contributed by atoms with Gasteiger partial charge in [-0.1, -0.05) is 0 Å². The number of carboxylic acids is 1. The quantitative estimate of drug-likeness (QED) is 0.362. The fourth-order valence-corrected chi connectivity index (χ4v) is 2.42. The van der Waals surface area contributed by atoms with Gasteiger partial charge in [-0.3, -0.25) is 4.79 Å². The summed E-state index contributed by atoms with van der Waals surface area (Å²) in [6.45, 7) is -0.425. The van der Waals surface area contributed by atoms with Crippen molar-refractivity contribution in [3.8, 4) is 0 Å². The van der Waals surface area contributed by atoms with Gasteiger partial charge in [0.2, 0.25) is 12.6 Å². The number of nitrogens with zero attached hydrogens (tertiary/aromatic N) is 2. The van der Waals surface area contributed by atoms with Gasteiger partial charge in [-0.15, -0.1) is 0 Å².